The molecule has 0 aliphatic heterocycles. The normalized spacial score (nSPS) is 15.9. The smallest absolute Gasteiger partial charge is 0.222 e. The van der Waals surface area contributed by atoms with E-state index in [0.29, 0.717) is 32.0 Å². The Hall–Kier alpha value is -1.30. The predicted octanol–water partition coefficient (Wildman–Crippen LogP) is 0.541. The molecule has 0 aromatic rings. The van der Waals surface area contributed by atoms with Crippen molar-refractivity contribution in [1.82, 2.24) is 4.90 Å². The van der Waals surface area contributed by atoms with Gasteiger partial charge in [0.05, 0.1) is 0 Å². The molecule has 0 saturated heterocycles. The SMILES string of the molecule is COCCCC(=O)N(CCC(N)=NO)C1CC1. The molecule has 98 valence electrons. The lowest BCUT2D eigenvalue weighted by molar-refractivity contribution is -0.132. The van der Waals surface area contributed by atoms with Gasteiger partial charge in [-0.15, -0.1) is 0 Å². The number of amides is 1. The van der Waals surface area contributed by atoms with Crippen LogP contribution in [0.5, 0.6) is 0 Å². The van der Waals surface area contributed by atoms with Gasteiger partial charge in [0, 0.05) is 39.1 Å². The van der Waals surface area contributed by atoms with E-state index in [0.717, 1.165) is 19.3 Å². The number of nitrogens with two attached hydrogens (primary N) is 1. The first-order valence-electron chi connectivity index (χ1n) is 5.93. The van der Waals surface area contributed by atoms with E-state index in [-0.39, 0.29) is 11.7 Å². The van der Waals surface area contributed by atoms with Gasteiger partial charge >= 0.3 is 0 Å². The van der Waals surface area contributed by atoms with Crippen LogP contribution in [0.2, 0.25) is 0 Å². The van der Waals surface area contributed by atoms with E-state index < -0.39 is 0 Å². The van der Waals surface area contributed by atoms with E-state index >= 15 is 0 Å². The van der Waals surface area contributed by atoms with Crippen LogP contribution in [0.15, 0.2) is 5.16 Å². The van der Waals surface area contributed by atoms with Crippen LogP contribution >= 0.6 is 0 Å². The molecule has 1 aliphatic carbocycles. The summed E-state index contributed by atoms with van der Waals surface area (Å²) in [6, 6.07) is 0.358. The van der Waals surface area contributed by atoms with Gasteiger partial charge in [-0.2, -0.15) is 0 Å². The summed E-state index contributed by atoms with van der Waals surface area (Å²) >= 11 is 0. The maximum Gasteiger partial charge on any atom is 0.222 e. The molecule has 1 rings (SSSR count). The second-order valence-electron chi connectivity index (χ2n) is 4.26. The fourth-order valence-electron chi connectivity index (χ4n) is 1.69. The Bertz CT molecular complexity index is 277. The molecular formula is C11H21N3O3. The van der Waals surface area contributed by atoms with E-state index in [2.05, 4.69) is 5.16 Å². The Morgan fingerprint density at radius 3 is 2.76 bits per heavy atom. The van der Waals surface area contributed by atoms with Gasteiger partial charge in [-0.25, -0.2) is 0 Å². The molecule has 0 aromatic heterocycles. The predicted molar refractivity (Wildman–Crippen MR) is 63.9 cm³/mol. The minimum Gasteiger partial charge on any atom is -0.409 e. The molecule has 0 radical (unpaired) electrons. The fraction of sp³-hybridized carbons (Fsp3) is 0.818. The van der Waals surface area contributed by atoms with Crippen LogP contribution in [0.1, 0.15) is 32.1 Å². The van der Waals surface area contributed by atoms with Gasteiger partial charge in [0.1, 0.15) is 5.84 Å². The van der Waals surface area contributed by atoms with E-state index in [1.807, 2.05) is 4.90 Å². The molecule has 0 heterocycles. The zero-order valence-electron chi connectivity index (χ0n) is 10.3. The standard InChI is InChI=1S/C11H21N3O3/c1-17-8-2-3-11(15)14(9-4-5-9)7-6-10(12)13-16/h9,16H,2-8H2,1H3,(H2,12,13). The molecular weight excluding hydrogens is 222 g/mol. The maximum atomic E-state index is 11.9. The lowest BCUT2D eigenvalue weighted by atomic mass is 10.2. The van der Waals surface area contributed by atoms with Crippen molar-refractivity contribution in [3.8, 4) is 0 Å². The molecule has 6 heteroatoms. The zero-order valence-corrected chi connectivity index (χ0v) is 10.3. The second-order valence-corrected chi connectivity index (χ2v) is 4.26. The Morgan fingerprint density at radius 2 is 2.24 bits per heavy atom. The van der Waals surface area contributed by atoms with Crippen LogP contribution in [0.4, 0.5) is 0 Å². The average molecular weight is 243 g/mol. The number of hydrogen-bond donors (Lipinski definition) is 2. The summed E-state index contributed by atoms with van der Waals surface area (Å²) < 4.78 is 4.92. The minimum absolute atomic E-state index is 0.135. The number of amidine groups is 1. The number of oxime groups is 1. The number of methoxy groups -OCH3 is 1. The van der Waals surface area contributed by atoms with E-state index in [1.165, 1.54) is 0 Å². The minimum atomic E-state index is 0.135. The first-order chi connectivity index (χ1) is 8.19. The van der Waals surface area contributed by atoms with Crippen molar-refractivity contribution in [3.05, 3.63) is 0 Å². The van der Waals surface area contributed by atoms with E-state index in [9.17, 15) is 4.79 Å². The number of nitrogens with zero attached hydrogens (tertiary/aromatic N) is 2. The highest BCUT2D eigenvalue weighted by molar-refractivity contribution is 5.81. The van der Waals surface area contributed by atoms with Gasteiger partial charge < -0.3 is 20.6 Å². The highest BCUT2D eigenvalue weighted by atomic mass is 16.5. The Kier molecular flexibility index (Phi) is 5.76. The molecule has 0 unspecified atom stereocenters. The highest BCUT2D eigenvalue weighted by Crippen LogP contribution is 2.27. The number of carbonyl (C=O) groups excluding carboxylic acids is 1. The van der Waals surface area contributed by atoms with E-state index in [1.54, 1.807) is 7.11 Å². The first kappa shape index (κ1) is 13.8. The van der Waals surface area contributed by atoms with Crippen molar-refractivity contribution in [3.63, 3.8) is 0 Å². The monoisotopic (exact) mass is 243 g/mol. The summed E-state index contributed by atoms with van der Waals surface area (Å²) in [6.45, 7) is 1.14. The average Bonchev–Trinajstić information content (AvgIpc) is 3.13. The Balaban J connectivity index is 2.34. The van der Waals surface area contributed by atoms with Crippen LogP contribution in [0.3, 0.4) is 0 Å². The van der Waals surface area contributed by atoms with Gasteiger partial charge in [0.2, 0.25) is 5.91 Å². The fourth-order valence-corrected chi connectivity index (χ4v) is 1.69. The number of carbonyl (C=O) groups is 1. The topological polar surface area (TPSA) is 88.2 Å². The largest absolute Gasteiger partial charge is 0.409 e. The molecule has 1 saturated carbocycles. The molecule has 0 atom stereocenters. The number of rotatable bonds is 8. The zero-order chi connectivity index (χ0) is 12.7. The lowest BCUT2D eigenvalue weighted by Gasteiger charge is -2.22. The van der Waals surface area contributed by atoms with E-state index in [4.69, 9.17) is 15.7 Å². The lowest BCUT2D eigenvalue weighted by Crippen LogP contribution is -2.35. The van der Waals surface area contributed by atoms with Gasteiger partial charge in [-0.3, -0.25) is 4.79 Å². The molecule has 1 aliphatic rings. The van der Waals surface area contributed by atoms with Crippen LogP contribution in [-0.2, 0) is 9.53 Å². The van der Waals surface area contributed by atoms with Gasteiger partial charge in [-0.05, 0) is 19.3 Å². The van der Waals surface area contributed by atoms with Gasteiger partial charge in [0.25, 0.3) is 0 Å². The quantitative estimate of drug-likeness (QED) is 0.214. The third kappa shape index (κ3) is 5.04. The van der Waals surface area contributed by atoms with Crippen molar-refractivity contribution < 1.29 is 14.7 Å². The number of hydrogen-bond acceptors (Lipinski definition) is 4. The summed E-state index contributed by atoms with van der Waals surface area (Å²) in [4.78, 5) is 13.8. The first-order valence-corrected chi connectivity index (χ1v) is 5.93. The molecule has 0 bridgehead atoms. The third-order valence-electron chi connectivity index (χ3n) is 2.78. The van der Waals surface area contributed by atoms with Gasteiger partial charge in [0.15, 0.2) is 0 Å². The molecule has 3 N–H and O–H groups in total. The summed E-state index contributed by atoms with van der Waals surface area (Å²) in [5.74, 6) is 0.302. The summed E-state index contributed by atoms with van der Waals surface area (Å²) in [7, 11) is 1.63. The van der Waals surface area contributed by atoms with Crippen LogP contribution in [0.25, 0.3) is 0 Å². The van der Waals surface area contributed by atoms with Crippen LogP contribution in [-0.4, -0.2) is 48.2 Å². The second kappa shape index (κ2) is 7.11. The van der Waals surface area contributed by atoms with Crippen molar-refractivity contribution in [1.29, 1.82) is 0 Å². The van der Waals surface area contributed by atoms with Gasteiger partial charge in [-0.1, -0.05) is 5.16 Å². The summed E-state index contributed by atoms with van der Waals surface area (Å²) in [5.41, 5.74) is 5.41. The molecule has 17 heavy (non-hydrogen) atoms. The van der Waals surface area contributed by atoms with Crippen LogP contribution in [0, 0.1) is 0 Å². The van der Waals surface area contributed by atoms with Crippen molar-refractivity contribution in [2.45, 2.75) is 38.1 Å². The molecule has 0 spiro atoms. The molecule has 1 amide bonds. The Morgan fingerprint density at radius 1 is 1.53 bits per heavy atom. The molecule has 1 fully saturated rings. The van der Waals surface area contributed by atoms with Crippen molar-refractivity contribution >= 4 is 11.7 Å². The number of ether oxygens (including phenoxy) is 1. The summed E-state index contributed by atoms with van der Waals surface area (Å²) in [5, 5.41) is 11.4. The highest BCUT2D eigenvalue weighted by Gasteiger charge is 2.31. The van der Waals surface area contributed by atoms with Crippen LogP contribution < -0.4 is 5.73 Å². The maximum absolute atomic E-state index is 11.9. The van der Waals surface area contributed by atoms with Crippen molar-refractivity contribution in [2.75, 3.05) is 20.3 Å². The third-order valence-corrected chi connectivity index (χ3v) is 2.78. The Labute approximate surface area is 101 Å². The molecule has 0 aromatic carbocycles. The summed E-state index contributed by atoms with van der Waals surface area (Å²) in [6.07, 6.45) is 3.78. The molecule has 6 nitrogen and oxygen atoms in total. The van der Waals surface area contributed by atoms with Crippen molar-refractivity contribution in [2.24, 2.45) is 10.9 Å².